The van der Waals surface area contributed by atoms with Crippen molar-refractivity contribution in [3.8, 4) is 12.1 Å². The molecule has 0 heterocycles. The summed E-state index contributed by atoms with van der Waals surface area (Å²) in [7, 11) is 0. The summed E-state index contributed by atoms with van der Waals surface area (Å²) in [5.74, 6) is 0. The minimum absolute atomic E-state index is 0.595. The second kappa shape index (κ2) is 4.72. The summed E-state index contributed by atoms with van der Waals surface area (Å²) in [6.45, 7) is 7.17. The molecule has 0 fully saturated rings. The molecule has 0 aliphatic heterocycles. The van der Waals surface area contributed by atoms with Gasteiger partial charge in [0.1, 0.15) is 0 Å². The average molecular weight is 192 g/mol. The third-order valence-corrected chi connectivity index (χ3v) is 2.35. The summed E-state index contributed by atoms with van der Waals surface area (Å²) in [6.07, 6.45) is 1.19. The van der Waals surface area contributed by atoms with E-state index in [1.165, 1.54) is 0 Å². The Kier molecular flexibility index (Phi) is 4.24. The predicted molar refractivity (Wildman–Crippen MR) is 53.5 cm³/mol. The van der Waals surface area contributed by atoms with Crippen LogP contribution in [-0.2, 0) is 0 Å². The summed E-state index contributed by atoms with van der Waals surface area (Å²) < 4.78 is 0. The summed E-state index contributed by atoms with van der Waals surface area (Å²) in [5, 5.41) is 25.6. The molecule has 0 saturated carbocycles. The molecule has 0 radical (unpaired) electrons. The molecule has 0 aliphatic rings. The van der Waals surface area contributed by atoms with Crippen molar-refractivity contribution < 1.29 is 0 Å². The molecular weight excluding hydrogens is 176 g/mol. The van der Waals surface area contributed by atoms with Gasteiger partial charge < -0.3 is 0 Å². The van der Waals surface area contributed by atoms with Crippen molar-refractivity contribution in [1.82, 2.24) is 0 Å². The monoisotopic (exact) mass is 192 g/mol. The minimum atomic E-state index is -0.798. The Bertz CT molecular complexity index is 266. The fourth-order valence-corrected chi connectivity index (χ4v) is 0.565. The van der Waals surface area contributed by atoms with Gasteiger partial charge in [0.15, 0.2) is 11.1 Å². The van der Waals surface area contributed by atoms with Crippen molar-refractivity contribution in [2.45, 2.75) is 51.6 Å². The van der Waals surface area contributed by atoms with Crippen LogP contribution in [0.15, 0.2) is 10.2 Å². The van der Waals surface area contributed by atoms with Crippen molar-refractivity contribution >= 4 is 0 Å². The maximum absolute atomic E-state index is 8.84. The van der Waals surface area contributed by atoms with E-state index in [0.717, 1.165) is 0 Å². The molecule has 0 bridgehead atoms. The smallest absolute Gasteiger partial charge is 0.164 e. The first-order chi connectivity index (χ1) is 6.45. The molecule has 4 nitrogen and oxygen atoms in total. The molecule has 0 rings (SSSR count). The highest BCUT2D eigenvalue weighted by atomic mass is 15.2. The number of nitriles is 2. The zero-order valence-electron chi connectivity index (χ0n) is 9.20. The van der Waals surface area contributed by atoms with Gasteiger partial charge in [0.25, 0.3) is 0 Å². The van der Waals surface area contributed by atoms with Crippen LogP contribution in [-0.4, -0.2) is 11.1 Å². The number of hydrogen-bond donors (Lipinski definition) is 0. The molecular formula is C10H16N4. The lowest BCUT2D eigenvalue weighted by atomic mass is 10.0. The van der Waals surface area contributed by atoms with Gasteiger partial charge in [-0.15, -0.1) is 0 Å². The molecule has 0 amide bonds. The highest BCUT2D eigenvalue weighted by Gasteiger charge is 2.25. The Hall–Kier alpha value is -1.42. The van der Waals surface area contributed by atoms with Crippen molar-refractivity contribution in [3.63, 3.8) is 0 Å². The Balaban J connectivity index is 4.76. The van der Waals surface area contributed by atoms with E-state index in [1.54, 1.807) is 13.8 Å². The Morgan fingerprint density at radius 1 is 0.929 bits per heavy atom. The van der Waals surface area contributed by atoms with E-state index >= 15 is 0 Å². The van der Waals surface area contributed by atoms with Crippen LogP contribution < -0.4 is 0 Å². The van der Waals surface area contributed by atoms with Gasteiger partial charge in [-0.3, -0.25) is 0 Å². The zero-order chi connectivity index (χ0) is 11.2. The first-order valence-corrected chi connectivity index (χ1v) is 4.72. The second-order valence-electron chi connectivity index (χ2n) is 3.68. The van der Waals surface area contributed by atoms with Gasteiger partial charge in [-0.25, -0.2) is 0 Å². The van der Waals surface area contributed by atoms with Crippen LogP contribution in [0.25, 0.3) is 0 Å². The number of hydrogen-bond acceptors (Lipinski definition) is 4. The molecule has 0 unspecified atom stereocenters. The Morgan fingerprint density at radius 3 is 1.36 bits per heavy atom. The van der Waals surface area contributed by atoms with Crippen molar-refractivity contribution in [2.75, 3.05) is 0 Å². The van der Waals surface area contributed by atoms with Crippen LogP contribution in [0.5, 0.6) is 0 Å². The Morgan fingerprint density at radius 2 is 1.21 bits per heavy atom. The van der Waals surface area contributed by atoms with Gasteiger partial charge in [-0.2, -0.15) is 20.8 Å². The topological polar surface area (TPSA) is 72.3 Å². The first-order valence-electron chi connectivity index (χ1n) is 4.72. The van der Waals surface area contributed by atoms with Gasteiger partial charge in [0, 0.05) is 0 Å². The van der Waals surface area contributed by atoms with Crippen molar-refractivity contribution in [2.24, 2.45) is 10.2 Å². The molecule has 2 atom stereocenters. The predicted octanol–water partition coefficient (Wildman–Crippen LogP) is 2.82. The van der Waals surface area contributed by atoms with Gasteiger partial charge >= 0.3 is 0 Å². The number of rotatable bonds is 4. The lowest BCUT2D eigenvalue weighted by molar-refractivity contribution is 0.473. The van der Waals surface area contributed by atoms with E-state index in [9.17, 15) is 0 Å². The van der Waals surface area contributed by atoms with E-state index < -0.39 is 11.1 Å². The van der Waals surface area contributed by atoms with E-state index in [-0.39, 0.29) is 0 Å². The molecule has 0 N–H and O–H groups in total. The van der Waals surface area contributed by atoms with Gasteiger partial charge in [0.05, 0.1) is 12.1 Å². The van der Waals surface area contributed by atoms with E-state index in [0.29, 0.717) is 12.8 Å². The second-order valence-corrected chi connectivity index (χ2v) is 3.68. The van der Waals surface area contributed by atoms with Crippen LogP contribution in [0.4, 0.5) is 0 Å². The van der Waals surface area contributed by atoms with Crippen LogP contribution >= 0.6 is 0 Å². The highest BCUT2D eigenvalue weighted by molar-refractivity contribution is 5.06. The molecule has 0 spiro atoms. The Labute approximate surface area is 85.3 Å². The van der Waals surface area contributed by atoms with Crippen LogP contribution in [0.2, 0.25) is 0 Å². The molecule has 0 aromatic heterocycles. The molecule has 0 saturated heterocycles. The molecule has 0 aromatic rings. The fourth-order valence-electron chi connectivity index (χ4n) is 0.565. The fraction of sp³-hybridized carbons (Fsp3) is 0.800. The summed E-state index contributed by atoms with van der Waals surface area (Å²) in [4.78, 5) is 0. The first kappa shape index (κ1) is 12.6. The number of azo groups is 1. The van der Waals surface area contributed by atoms with E-state index in [1.807, 2.05) is 13.8 Å². The third-order valence-electron chi connectivity index (χ3n) is 2.35. The van der Waals surface area contributed by atoms with E-state index in [4.69, 9.17) is 10.5 Å². The maximum Gasteiger partial charge on any atom is 0.164 e. The summed E-state index contributed by atoms with van der Waals surface area (Å²) >= 11 is 0. The zero-order valence-corrected chi connectivity index (χ0v) is 9.20. The van der Waals surface area contributed by atoms with Gasteiger partial charge in [-0.1, -0.05) is 13.8 Å². The van der Waals surface area contributed by atoms with Crippen molar-refractivity contribution in [1.29, 1.82) is 10.5 Å². The van der Waals surface area contributed by atoms with E-state index in [2.05, 4.69) is 22.4 Å². The summed E-state index contributed by atoms with van der Waals surface area (Å²) in [6, 6.07) is 4.16. The lowest BCUT2D eigenvalue weighted by Crippen LogP contribution is -2.22. The third kappa shape index (κ3) is 3.14. The minimum Gasteiger partial charge on any atom is -0.196 e. The SMILES string of the molecule is CC[C@@](C)(C#N)N=N[C@](C)(C#N)CC. The van der Waals surface area contributed by atoms with Gasteiger partial charge in [0.2, 0.25) is 0 Å². The lowest BCUT2D eigenvalue weighted by Gasteiger charge is -2.16. The van der Waals surface area contributed by atoms with Crippen LogP contribution in [0.1, 0.15) is 40.5 Å². The highest BCUT2D eigenvalue weighted by Crippen LogP contribution is 2.20. The van der Waals surface area contributed by atoms with Gasteiger partial charge in [-0.05, 0) is 26.7 Å². The van der Waals surface area contributed by atoms with Crippen molar-refractivity contribution in [3.05, 3.63) is 0 Å². The van der Waals surface area contributed by atoms with Crippen LogP contribution in [0.3, 0.4) is 0 Å². The standard InChI is InChI=1S/C10H16N4/c1-5-9(3,7-11)13-14-10(4,6-2)8-12/h5-6H2,1-4H3/t9-,10-/m0/s1. The molecule has 14 heavy (non-hydrogen) atoms. The largest absolute Gasteiger partial charge is 0.196 e. The number of nitrogens with zero attached hydrogens (tertiary/aromatic N) is 4. The molecule has 4 heteroatoms. The molecule has 0 aromatic carbocycles. The quantitative estimate of drug-likeness (QED) is 0.642. The normalized spacial score (nSPS) is 19.3. The molecule has 76 valence electrons. The average Bonchev–Trinajstić information content (AvgIpc) is 2.25. The van der Waals surface area contributed by atoms with Crippen LogP contribution in [0, 0.1) is 22.7 Å². The maximum atomic E-state index is 8.84. The molecule has 0 aliphatic carbocycles. The summed E-state index contributed by atoms with van der Waals surface area (Å²) in [5.41, 5.74) is -1.60.